The number of hydrogen-bond donors (Lipinski definition) is 0. The van der Waals surface area contributed by atoms with Crippen molar-refractivity contribution in [2.24, 2.45) is 0 Å². The summed E-state index contributed by atoms with van der Waals surface area (Å²) in [6, 6.07) is 14.8. The number of aryl methyl sites for hydroxylation is 1. The lowest BCUT2D eigenvalue weighted by molar-refractivity contribution is 0.482. The summed E-state index contributed by atoms with van der Waals surface area (Å²) in [6.45, 7) is 2.00. The predicted octanol–water partition coefficient (Wildman–Crippen LogP) is 4.31. The third kappa shape index (κ3) is 2.77. The van der Waals surface area contributed by atoms with Crippen LogP contribution in [0.3, 0.4) is 0 Å². The van der Waals surface area contributed by atoms with E-state index in [1.165, 1.54) is 0 Å². The van der Waals surface area contributed by atoms with Crippen LogP contribution in [0.1, 0.15) is 11.1 Å². The van der Waals surface area contributed by atoms with Gasteiger partial charge in [-0.1, -0.05) is 23.7 Å². The average Bonchev–Trinajstić information content (AvgIpc) is 2.29. The van der Waals surface area contributed by atoms with Crippen LogP contribution in [0.15, 0.2) is 42.5 Å². The number of nitriles is 1. The molecule has 0 radical (unpaired) electrons. The number of nitrogens with zero attached hydrogens (tertiary/aromatic N) is 1. The minimum absolute atomic E-state index is 0.401. The lowest BCUT2D eigenvalue weighted by Gasteiger charge is -2.07. The Bertz CT molecular complexity index is 587. The van der Waals surface area contributed by atoms with Gasteiger partial charge in [-0.05, 0) is 36.8 Å². The zero-order valence-corrected chi connectivity index (χ0v) is 10.0. The first-order valence-electron chi connectivity index (χ1n) is 5.13. The van der Waals surface area contributed by atoms with Gasteiger partial charge in [0.2, 0.25) is 0 Å². The molecule has 17 heavy (non-hydrogen) atoms. The fourth-order valence-corrected chi connectivity index (χ4v) is 1.68. The fraction of sp³-hybridized carbons (Fsp3) is 0.0714. The molecule has 0 aliphatic carbocycles. The number of hydrogen-bond acceptors (Lipinski definition) is 2. The standard InChI is InChI=1S/C14H10ClNO/c1-10-3-2-4-12(7-10)17-13-6-5-11(9-16)14(15)8-13/h2-8H,1H3. The zero-order valence-electron chi connectivity index (χ0n) is 9.27. The third-order valence-corrected chi connectivity index (χ3v) is 2.60. The van der Waals surface area contributed by atoms with E-state index in [1.807, 2.05) is 37.3 Å². The molecule has 2 aromatic rings. The summed E-state index contributed by atoms with van der Waals surface area (Å²) >= 11 is 5.92. The smallest absolute Gasteiger partial charge is 0.129 e. The topological polar surface area (TPSA) is 33.0 Å². The summed E-state index contributed by atoms with van der Waals surface area (Å²) in [5.74, 6) is 1.38. The Morgan fingerprint density at radius 1 is 1.12 bits per heavy atom. The Hall–Kier alpha value is -1.98. The van der Waals surface area contributed by atoms with Crippen LogP contribution in [0.4, 0.5) is 0 Å². The van der Waals surface area contributed by atoms with E-state index < -0.39 is 0 Å². The Morgan fingerprint density at radius 3 is 2.53 bits per heavy atom. The van der Waals surface area contributed by atoms with E-state index in [4.69, 9.17) is 21.6 Å². The molecule has 0 saturated heterocycles. The molecule has 84 valence electrons. The first-order valence-corrected chi connectivity index (χ1v) is 5.51. The van der Waals surface area contributed by atoms with Gasteiger partial charge >= 0.3 is 0 Å². The second-order valence-electron chi connectivity index (χ2n) is 3.67. The van der Waals surface area contributed by atoms with Gasteiger partial charge in [0.25, 0.3) is 0 Å². The minimum Gasteiger partial charge on any atom is -0.457 e. The van der Waals surface area contributed by atoms with Crippen molar-refractivity contribution in [1.29, 1.82) is 5.26 Å². The third-order valence-electron chi connectivity index (χ3n) is 2.29. The normalized spacial score (nSPS) is 9.71. The predicted molar refractivity (Wildman–Crippen MR) is 67.4 cm³/mol. The van der Waals surface area contributed by atoms with Crippen molar-refractivity contribution in [3.05, 3.63) is 58.6 Å². The van der Waals surface area contributed by atoms with Crippen molar-refractivity contribution in [1.82, 2.24) is 0 Å². The van der Waals surface area contributed by atoms with Crippen LogP contribution in [-0.2, 0) is 0 Å². The van der Waals surface area contributed by atoms with Gasteiger partial charge in [-0.3, -0.25) is 0 Å². The molecule has 0 bridgehead atoms. The zero-order chi connectivity index (χ0) is 12.3. The van der Waals surface area contributed by atoms with Gasteiger partial charge in [0.05, 0.1) is 10.6 Å². The lowest BCUT2D eigenvalue weighted by atomic mass is 10.2. The number of halogens is 1. The average molecular weight is 244 g/mol. The summed E-state index contributed by atoms with van der Waals surface area (Å²) < 4.78 is 5.65. The van der Waals surface area contributed by atoms with Crippen molar-refractivity contribution >= 4 is 11.6 Å². The van der Waals surface area contributed by atoms with E-state index in [1.54, 1.807) is 18.2 Å². The highest BCUT2D eigenvalue weighted by Crippen LogP contribution is 2.26. The fourth-order valence-electron chi connectivity index (χ4n) is 1.46. The molecule has 0 fully saturated rings. The van der Waals surface area contributed by atoms with Crippen LogP contribution in [0, 0.1) is 18.3 Å². The van der Waals surface area contributed by atoms with Crippen LogP contribution < -0.4 is 4.74 Å². The highest BCUT2D eigenvalue weighted by atomic mass is 35.5. The molecule has 0 aliphatic rings. The summed E-state index contributed by atoms with van der Waals surface area (Å²) in [4.78, 5) is 0. The highest BCUT2D eigenvalue weighted by molar-refractivity contribution is 6.31. The largest absolute Gasteiger partial charge is 0.457 e. The maximum atomic E-state index is 8.76. The molecule has 0 heterocycles. The maximum absolute atomic E-state index is 8.76. The van der Waals surface area contributed by atoms with Gasteiger partial charge < -0.3 is 4.74 Å². The van der Waals surface area contributed by atoms with Gasteiger partial charge in [-0.25, -0.2) is 0 Å². The monoisotopic (exact) mass is 243 g/mol. The van der Waals surface area contributed by atoms with E-state index in [0.717, 1.165) is 11.3 Å². The van der Waals surface area contributed by atoms with E-state index >= 15 is 0 Å². The van der Waals surface area contributed by atoms with Crippen LogP contribution >= 0.6 is 11.6 Å². The van der Waals surface area contributed by atoms with Gasteiger partial charge in [-0.15, -0.1) is 0 Å². The van der Waals surface area contributed by atoms with E-state index in [0.29, 0.717) is 16.3 Å². The molecule has 0 unspecified atom stereocenters. The van der Waals surface area contributed by atoms with Gasteiger partial charge in [0, 0.05) is 6.07 Å². The Labute approximate surface area is 105 Å². The number of ether oxygens (including phenoxy) is 1. The van der Waals surface area contributed by atoms with Crippen LogP contribution in [0.2, 0.25) is 5.02 Å². The second-order valence-corrected chi connectivity index (χ2v) is 4.08. The summed E-state index contributed by atoms with van der Waals surface area (Å²) in [5.41, 5.74) is 1.57. The van der Waals surface area contributed by atoms with Gasteiger partial charge in [0.1, 0.15) is 17.6 Å². The summed E-state index contributed by atoms with van der Waals surface area (Å²) in [7, 11) is 0. The molecule has 0 aromatic heterocycles. The molecule has 0 spiro atoms. The molecule has 2 aromatic carbocycles. The van der Waals surface area contributed by atoms with Gasteiger partial charge in [-0.2, -0.15) is 5.26 Å². The van der Waals surface area contributed by atoms with Crippen molar-refractivity contribution in [3.8, 4) is 17.6 Å². The molecule has 2 nitrogen and oxygen atoms in total. The van der Waals surface area contributed by atoms with Crippen LogP contribution in [0.5, 0.6) is 11.5 Å². The Morgan fingerprint density at radius 2 is 1.88 bits per heavy atom. The van der Waals surface area contributed by atoms with E-state index in [9.17, 15) is 0 Å². The summed E-state index contributed by atoms with van der Waals surface area (Å²) in [5, 5.41) is 9.16. The lowest BCUT2D eigenvalue weighted by Crippen LogP contribution is -1.86. The maximum Gasteiger partial charge on any atom is 0.129 e. The minimum atomic E-state index is 0.401. The first kappa shape index (κ1) is 11.5. The molecule has 0 aliphatic heterocycles. The molecule has 0 N–H and O–H groups in total. The van der Waals surface area contributed by atoms with Gasteiger partial charge in [0.15, 0.2) is 0 Å². The van der Waals surface area contributed by atoms with E-state index in [-0.39, 0.29) is 0 Å². The highest BCUT2D eigenvalue weighted by Gasteiger charge is 2.03. The Balaban J connectivity index is 2.25. The van der Waals surface area contributed by atoms with Crippen molar-refractivity contribution < 1.29 is 4.74 Å². The molecular formula is C14H10ClNO. The molecule has 0 amide bonds. The molecule has 0 atom stereocenters. The number of benzene rings is 2. The van der Waals surface area contributed by atoms with E-state index in [2.05, 4.69) is 0 Å². The molecular weight excluding hydrogens is 234 g/mol. The SMILES string of the molecule is Cc1cccc(Oc2ccc(C#N)c(Cl)c2)c1. The van der Waals surface area contributed by atoms with Crippen molar-refractivity contribution in [2.75, 3.05) is 0 Å². The van der Waals surface area contributed by atoms with Crippen LogP contribution in [-0.4, -0.2) is 0 Å². The molecule has 2 rings (SSSR count). The summed E-state index contributed by atoms with van der Waals surface area (Å²) in [6.07, 6.45) is 0. The second kappa shape index (κ2) is 4.90. The Kier molecular flexibility index (Phi) is 3.32. The number of rotatable bonds is 2. The molecule has 0 saturated carbocycles. The molecule has 3 heteroatoms. The van der Waals surface area contributed by atoms with Crippen LogP contribution in [0.25, 0.3) is 0 Å². The van der Waals surface area contributed by atoms with Crippen molar-refractivity contribution in [2.45, 2.75) is 6.92 Å². The quantitative estimate of drug-likeness (QED) is 0.787. The van der Waals surface area contributed by atoms with Crippen molar-refractivity contribution in [3.63, 3.8) is 0 Å². The first-order chi connectivity index (χ1) is 8.19.